The van der Waals surface area contributed by atoms with Crippen LogP contribution in [-0.4, -0.2) is 26.1 Å². The number of hydrogen-bond acceptors (Lipinski definition) is 3. The molecule has 1 amide bonds. The van der Waals surface area contributed by atoms with Gasteiger partial charge in [0.15, 0.2) is 0 Å². The SMILES string of the molecule is COc1ccc(N(C)c2cc(Br)cc(C(=O)NC3CCCC3)c2)cc1. The van der Waals surface area contributed by atoms with Gasteiger partial charge in [0.25, 0.3) is 5.91 Å². The van der Waals surface area contributed by atoms with E-state index < -0.39 is 0 Å². The number of benzene rings is 2. The highest BCUT2D eigenvalue weighted by atomic mass is 79.9. The molecule has 0 aromatic heterocycles. The Morgan fingerprint density at radius 2 is 1.80 bits per heavy atom. The van der Waals surface area contributed by atoms with E-state index in [1.54, 1.807) is 7.11 Å². The molecule has 1 aliphatic rings. The van der Waals surface area contributed by atoms with E-state index in [2.05, 4.69) is 26.1 Å². The quantitative estimate of drug-likeness (QED) is 0.772. The summed E-state index contributed by atoms with van der Waals surface area (Å²) in [5.74, 6) is 0.820. The molecule has 1 N–H and O–H groups in total. The number of carbonyl (C=O) groups is 1. The average molecular weight is 403 g/mol. The van der Waals surface area contributed by atoms with Gasteiger partial charge in [0, 0.05) is 34.5 Å². The molecule has 4 nitrogen and oxygen atoms in total. The fraction of sp³-hybridized carbons (Fsp3) is 0.350. The highest BCUT2D eigenvalue weighted by molar-refractivity contribution is 9.10. The minimum atomic E-state index is -0.00224. The molecule has 0 atom stereocenters. The van der Waals surface area contributed by atoms with E-state index in [4.69, 9.17) is 4.74 Å². The Morgan fingerprint density at radius 3 is 2.44 bits per heavy atom. The van der Waals surface area contributed by atoms with Crippen LogP contribution in [0.1, 0.15) is 36.0 Å². The van der Waals surface area contributed by atoms with Crippen LogP contribution in [0, 0.1) is 0 Å². The topological polar surface area (TPSA) is 41.6 Å². The summed E-state index contributed by atoms with van der Waals surface area (Å²) < 4.78 is 6.10. The number of nitrogens with one attached hydrogen (secondary N) is 1. The molecule has 2 aromatic carbocycles. The maximum atomic E-state index is 12.6. The zero-order chi connectivity index (χ0) is 17.8. The van der Waals surface area contributed by atoms with E-state index in [0.29, 0.717) is 11.6 Å². The lowest BCUT2D eigenvalue weighted by atomic mass is 10.1. The van der Waals surface area contributed by atoms with Crippen molar-refractivity contribution >= 4 is 33.2 Å². The van der Waals surface area contributed by atoms with Crippen molar-refractivity contribution in [3.05, 3.63) is 52.5 Å². The number of amides is 1. The lowest BCUT2D eigenvalue weighted by Crippen LogP contribution is -2.32. The Morgan fingerprint density at radius 1 is 1.12 bits per heavy atom. The first-order valence-electron chi connectivity index (χ1n) is 8.56. The van der Waals surface area contributed by atoms with Crippen molar-refractivity contribution in [2.45, 2.75) is 31.7 Å². The molecular weight excluding hydrogens is 380 g/mol. The minimum absolute atomic E-state index is 0.00224. The molecule has 0 spiro atoms. The molecule has 1 saturated carbocycles. The second-order valence-corrected chi connectivity index (χ2v) is 7.33. The van der Waals surface area contributed by atoms with E-state index in [-0.39, 0.29) is 5.91 Å². The Kier molecular flexibility index (Phi) is 5.63. The Hall–Kier alpha value is -2.01. The average Bonchev–Trinajstić information content (AvgIpc) is 3.13. The van der Waals surface area contributed by atoms with Crippen LogP contribution in [0.3, 0.4) is 0 Å². The summed E-state index contributed by atoms with van der Waals surface area (Å²) >= 11 is 3.53. The molecule has 1 aliphatic carbocycles. The highest BCUT2D eigenvalue weighted by Gasteiger charge is 2.19. The van der Waals surface area contributed by atoms with Gasteiger partial charge in [-0.25, -0.2) is 0 Å². The lowest BCUT2D eigenvalue weighted by Gasteiger charge is -2.21. The second-order valence-electron chi connectivity index (χ2n) is 6.41. The third kappa shape index (κ3) is 4.34. The number of ether oxygens (including phenoxy) is 1. The van der Waals surface area contributed by atoms with Crippen molar-refractivity contribution in [1.82, 2.24) is 5.32 Å². The van der Waals surface area contributed by atoms with Gasteiger partial charge in [-0.3, -0.25) is 4.79 Å². The minimum Gasteiger partial charge on any atom is -0.497 e. The lowest BCUT2D eigenvalue weighted by molar-refractivity contribution is 0.0938. The van der Waals surface area contributed by atoms with Gasteiger partial charge in [-0.05, 0) is 55.3 Å². The summed E-state index contributed by atoms with van der Waals surface area (Å²) in [5, 5.41) is 3.15. The molecule has 1 fully saturated rings. The summed E-state index contributed by atoms with van der Waals surface area (Å²) in [7, 11) is 3.64. The van der Waals surface area contributed by atoms with Crippen LogP contribution < -0.4 is 15.0 Å². The maximum Gasteiger partial charge on any atom is 0.251 e. The molecule has 0 radical (unpaired) electrons. The van der Waals surface area contributed by atoms with E-state index in [9.17, 15) is 4.79 Å². The van der Waals surface area contributed by atoms with Crippen molar-refractivity contribution in [2.75, 3.05) is 19.1 Å². The van der Waals surface area contributed by atoms with E-state index in [0.717, 1.165) is 34.4 Å². The molecule has 0 bridgehead atoms. The smallest absolute Gasteiger partial charge is 0.251 e. The number of halogens is 1. The second kappa shape index (κ2) is 7.91. The van der Waals surface area contributed by atoms with Gasteiger partial charge in [-0.1, -0.05) is 28.8 Å². The third-order valence-corrected chi connectivity index (χ3v) is 5.14. The molecule has 25 heavy (non-hydrogen) atoms. The van der Waals surface area contributed by atoms with Gasteiger partial charge in [0.1, 0.15) is 5.75 Å². The number of hydrogen-bond donors (Lipinski definition) is 1. The first kappa shape index (κ1) is 17.8. The number of methoxy groups -OCH3 is 1. The van der Waals surface area contributed by atoms with Crippen LogP contribution in [-0.2, 0) is 0 Å². The fourth-order valence-electron chi connectivity index (χ4n) is 3.19. The number of anilines is 2. The summed E-state index contributed by atoms with van der Waals surface area (Å²) in [5.41, 5.74) is 2.66. The third-order valence-electron chi connectivity index (χ3n) is 4.68. The Labute approximate surface area is 157 Å². The molecule has 2 aromatic rings. The van der Waals surface area contributed by atoms with Gasteiger partial charge >= 0.3 is 0 Å². The number of nitrogens with zero attached hydrogens (tertiary/aromatic N) is 1. The summed E-state index contributed by atoms with van der Waals surface area (Å²) in [6, 6.07) is 14.0. The summed E-state index contributed by atoms with van der Waals surface area (Å²) in [6.45, 7) is 0. The molecule has 0 heterocycles. The first-order chi connectivity index (χ1) is 12.1. The van der Waals surface area contributed by atoms with Crippen LogP contribution in [0.2, 0.25) is 0 Å². The molecule has 3 rings (SSSR count). The zero-order valence-electron chi connectivity index (χ0n) is 14.6. The van der Waals surface area contributed by atoms with Gasteiger partial charge in [-0.2, -0.15) is 0 Å². The van der Waals surface area contributed by atoms with Crippen molar-refractivity contribution < 1.29 is 9.53 Å². The van der Waals surface area contributed by atoms with Gasteiger partial charge < -0.3 is 15.0 Å². The molecule has 132 valence electrons. The Balaban J connectivity index is 1.80. The molecule has 0 aliphatic heterocycles. The van der Waals surface area contributed by atoms with Crippen LogP contribution in [0.4, 0.5) is 11.4 Å². The van der Waals surface area contributed by atoms with E-state index in [1.807, 2.05) is 49.5 Å². The van der Waals surface area contributed by atoms with E-state index >= 15 is 0 Å². The van der Waals surface area contributed by atoms with Gasteiger partial charge in [-0.15, -0.1) is 0 Å². The molecule has 0 saturated heterocycles. The maximum absolute atomic E-state index is 12.6. The standard InChI is InChI=1S/C20H23BrN2O2/c1-23(17-7-9-19(25-2)10-8-17)18-12-14(11-15(21)13-18)20(24)22-16-5-3-4-6-16/h7-13,16H,3-6H2,1-2H3,(H,22,24). The zero-order valence-corrected chi connectivity index (χ0v) is 16.2. The highest BCUT2D eigenvalue weighted by Crippen LogP contribution is 2.29. The molecule has 5 heteroatoms. The summed E-state index contributed by atoms with van der Waals surface area (Å²) in [6.07, 6.45) is 4.57. The normalized spacial score (nSPS) is 14.4. The van der Waals surface area contributed by atoms with Crippen LogP contribution in [0.15, 0.2) is 46.9 Å². The predicted molar refractivity (Wildman–Crippen MR) is 105 cm³/mol. The van der Waals surface area contributed by atoms with Crippen LogP contribution >= 0.6 is 15.9 Å². The Bertz CT molecular complexity index is 740. The van der Waals surface area contributed by atoms with Crippen LogP contribution in [0.25, 0.3) is 0 Å². The van der Waals surface area contributed by atoms with E-state index in [1.165, 1.54) is 12.8 Å². The van der Waals surface area contributed by atoms with Gasteiger partial charge in [0.2, 0.25) is 0 Å². The molecule has 0 unspecified atom stereocenters. The number of carbonyl (C=O) groups excluding carboxylic acids is 1. The predicted octanol–water partition coefficient (Wildman–Crippen LogP) is 4.90. The molecular formula is C20H23BrN2O2. The number of rotatable bonds is 5. The summed E-state index contributed by atoms with van der Waals surface area (Å²) in [4.78, 5) is 14.6. The van der Waals surface area contributed by atoms with Crippen LogP contribution in [0.5, 0.6) is 5.75 Å². The van der Waals surface area contributed by atoms with Gasteiger partial charge in [0.05, 0.1) is 7.11 Å². The largest absolute Gasteiger partial charge is 0.497 e. The van der Waals surface area contributed by atoms with Crippen molar-refractivity contribution in [3.63, 3.8) is 0 Å². The van der Waals surface area contributed by atoms with Crippen molar-refractivity contribution in [1.29, 1.82) is 0 Å². The monoisotopic (exact) mass is 402 g/mol. The van der Waals surface area contributed by atoms with Crippen molar-refractivity contribution in [2.24, 2.45) is 0 Å². The fourth-order valence-corrected chi connectivity index (χ4v) is 3.67. The van der Waals surface area contributed by atoms with Crippen molar-refractivity contribution in [3.8, 4) is 5.75 Å². The first-order valence-corrected chi connectivity index (χ1v) is 9.35.